The van der Waals surface area contributed by atoms with E-state index in [-0.39, 0.29) is 29.0 Å². The Morgan fingerprint density at radius 1 is 1.24 bits per heavy atom. The molecule has 176 valence electrons. The minimum atomic E-state index is -3.95. The van der Waals surface area contributed by atoms with Gasteiger partial charge in [0.1, 0.15) is 11.6 Å². The lowest BCUT2D eigenvalue weighted by atomic mass is 10.1. The van der Waals surface area contributed by atoms with E-state index in [4.69, 9.17) is 4.74 Å². The maximum absolute atomic E-state index is 13.2. The van der Waals surface area contributed by atoms with E-state index >= 15 is 0 Å². The molecule has 1 fully saturated rings. The van der Waals surface area contributed by atoms with Gasteiger partial charge in [-0.15, -0.1) is 0 Å². The lowest BCUT2D eigenvalue weighted by Crippen LogP contribution is -2.51. The van der Waals surface area contributed by atoms with Gasteiger partial charge in [-0.25, -0.2) is 13.4 Å². The lowest BCUT2D eigenvalue weighted by molar-refractivity contribution is -0.131. The molecule has 0 radical (unpaired) electrons. The second-order valence-electron chi connectivity index (χ2n) is 8.18. The molecule has 3 heterocycles. The largest absolute Gasteiger partial charge is 0.479 e. The lowest BCUT2D eigenvalue weighted by Gasteiger charge is -2.36. The third-order valence-electron chi connectivity index (χ3n) is 5.86. The van der Waals surface area contributed by atoms with Crippen molar-refractivity contribution in [2.24, 2.45) is 0 Å². The van der Waals surface area contributed by atoms with Crippen LogP contribution in [0.5, 0.6) is 5.75 Å². The number of likely N-dealkylation sites (N-methyl/N-ethyl adjacent to an activating group) is 1. The van der Waals surface area contributed by atoms with E-state index in [1.165, 1.54) is 13.1 Å². The van der Waals surface area contributed by atoms with Gasteiger partial charge in [-0.05, 0) is 37.6 Å². The van der Waals surface area contributed by atoms with Crippen LogP contribution in [-0.2, 0) is 19.6 Å². The van der Waals surface area contributed by atoms with Crippen molar-refractivity contribution in [3.8, 4) is 5.75 Å². The SMILES string of the molecule is Cc1cc2c(cc1S(=O)(=O)N(C)CC(=O)N1CCN(c3ccccn3)CC1)O[C@@H](C)C(=O)N2. The zero-order chi connectivity index (χ0) is 23.8. The molecule has 0 spiro atoms. The van der Waals surface area contributed by atoms with Gasteiger partial charge < -0.3 is 19.9 Å². The summed E-state index contributed by atoms with van der Waals surface area (Å²) in [6.07, 6.45) is 1.01. The van der Waals surface area contributed by atoms with E-state index in [1.54, 1.807) is 31.0 Å². The Bertz CT molecular complexity index is 1160. The molecule has 1 N–H and O–H groups in total. The van der Waals surface area contributed by atoms with Crippen molar-refractivity contribution in [1.82, 2.24) is 14.2 Å². The number of carbonyl (C=O) groups is 2. The van der Waals surface area contributed by atoms with Crippen LogP contribution < -0.4 is 15.0 Å². The Morgan fingerprint density at radius 3 is 2.64 bits per heavy atom. The minimum absolute atomic E-state index is 0.0415. The van der Waals surface area contributed by atoms with Crippen molar-refractivity contribution in [3.63, 3.8) is 0 Å². The molecule has 4 rings (SSSR count). The first-order chi connectivity index (χ1) is 15.7. The monoisotopic (exact) mass is 473 g/mol. The third-order valence-corrected chi connectivity index (χ3v) is 7.81. The molecule has 33 heavy (non-hydrogen) atoms. The third kappa shape index (κ3) is 4.64. The summed E-state index contributed by atoms with van der Waals surface area (Å²) < 4.78 is 33.1. The number of benzene rings is 1. The molecule has 2 amide bonds. The van der Waals surface area contributed by atoms with Crippen LogP contribution in [0.3, 0.4) is 0 Å². The van der Waals surface area contributed by atoms with Gasteiger partial charge in [-0.2, -0.15) is 4.31 Å². The van der Waals surface area contributed by atoms with Gasteiger partial charge in [0.05, 0.1) is 17.1 Å². The number of amides is 2. The normalized spacial score (nSPS) is 18.5. The number of anilines is 2. The highest BCUT2D eigenvalue weighted by Crippen LogP contribution is 2.35. The van der Waals surface area contributed by atoms with E-state index in [9.17, 15) is 18.0 Å². The number of carbonyl (C=O) groups excluding carboxylic acids is 2. The molecule has 1 saturated heterocycles. The van der Waals surface area contributed by atoms with Crippen molar-refractivity contribution < 1.29 is 22.7 Å². The molecule has 0 unspecified atom stereocenters. The van der Waals surface area contributed by atoms with Crippen molar-refractivity contribution in [3.05, 3.63) is 42.1 Å². The van der Waals surface area contributed by atoms with Gasteiger partial charge in [0.2, 0.25) is 15.9 Å². The molecule has 2 aliphatic rings. The fraction of sp³-hybridized carbons (Fsp3) is 0.409. The first-order valence-electron chi connectivity index (χ1n) is 10.7. The highest BCUT2D eigenvalue weighted by Gasteiger charge is 2.31. The number of hydrogen-bond donors (Lipinski definition) is 1. The molecule has 2 aliphatic heterocycles. The highest BCUT2D eigenvalue weighted by atomic mass is 32.2. The summed E-state index contributed by atoms with van der Waals surface area (Å²) in [5.41, 5.74) is 0.884. The molecule has 1 atom stereocenters. The van der Waals surface area contributed by atoms with Gasteiger partial charge in [0.25, 0.3) is 5.91 Å². The number of hydrogen-bond acceptors (Lipinski definition) is 7. The quantitative estimate of drug-likeness (QED) is 0.692. The Balaban J connectivity index is 1.43. The van der Waals surface area contributed by atoms with Gasteiger partial charge in [-0.1, -0.05) is 6.07 Å². The van der Waals surface area contributed by atoms with Crippen molar-refractivity contribution in [2.75, 3.05) is 50.0 Å². The van der Waals surface area contributed by atoms with Crippen molar-refractivity contribution >= 4 is 33.3 Å². The van der Waals surface area contributed by atoms with Crippen LogP contribution >= 0.6 is 0 Å². The van der Waals surface area contributed by atoms with Crippen LogP contribution in [0.1, 0.15) is 12.5 Å². The number of nitrogens with one attached hydrogen (secondary N) is 1. The smallest absolute Gasteiger partial charge is 0.265 e. The maximum Gasteiger partial charge on any atom is 0.265 e. The van der Waals surface area contributed by atoms with Gasteiger partial charge >= 0.3 is 0 Å². The topological polar surface area (TPSA) is 112 Å². The zero-order valence-corrected chi connectivity index (χ0v) is 19.6. The van der Waals surface area contributed by atoms with Gasteiger partial charge in [-0.3, -0.25) is 9.59 Å². The average Bonchev–Trinajstić information content (AvgIpc) is 2.80. The average molecular weight is 474 g/mol. The zero-order valence-electron chi connectivity index (χ0n) is 18.8. The molecular weight excluding hydrogens is 446 g/mol. The Labute approximate surface area is 193 Å². The maximum atomic E-state index is 13.2. The second kappa shape index (κ2) is 8.99. The van der Waals surface area contributed by atoms with Crippen LogP contribution in [0, 0.1) is 6.92 Å². The molecule has 10 nitrogen and oxygen atoms in total. The minimum Gasteiger partial charge on any atom is -0.479 e. The van der Waals surface area contributed by atoms with E-state index in [1.807, 2.05) is 18.2 Å². The van der Waals surface area contributed by atoms with E-state index in [2.05, 4.69) is 15.2 Å². The predicted octanol–water partition coefficient (Wildman–Crippen LogP) is 1.08. The first kappa shape index (κ1) is 23.0. The number of piperazine rings is 1. The molecule has 0 bridgehead atoms. The Hall–Kier alpha value is -3.18. The number of aromatic nitrogens is 1. The molecule has 0 aliphatic carbocycles. The molecule has 0 saturated carbocycles. The van der Waals surface area contributed by atoms with Crippen molar-refractivity contribution in [1.29, 1.82) is 0 Å². The molecule has 1 aromatic carbocycles. The fourth-order valence-electron chi connectivity index (χ4n) is 3.89. The number of aryl methyl sites for hydroxylation is 1. The second-order valence-corrected chi connectivity index (χ2v) is 10.2. The van der Waals surface area contributed by atoms with Crippen LogP contribution in [0.25, 0.3) is 0 Å². The van der Waals surface area contributed by atoms with E-state index in [0.29, 0.717) is 37.4 Å². The number of ether oxygens (including phenoxy) is 1. The molecular formula is C22H27N5O5S. The summed E-state index contributed by atoms with van der Waals surface area (Å²) in [5, 5.41) is 2.71. The standard InChI is InChI=1S/C22H27N5O5S/c1-15-12-17-18(32-16(2)22(29)24-17)13-19(15)33(30,31)25(3)14-21(28)27-10-8-26(9-11-27)20-6-4-5-7-23-20/h4-7,12-13,16H,8-11,14H2,1-3H3,(H,24,29)/t16-/m0/s1. The van der Waals surface area contributed by atoms with Crippen LogP contribution in [0.15, 0.2) is 41.4 Å². The van der Waals surface area contributed by atoms with Crippen LogP contribution in [0.2, 0.25) is 0 Å². The summed E-state index contributed by atoms with van der Waals surface area (Å²) in [6, 6.07) is 8.67. The van der Waals surface area contributed by atoms with E-state index < -0.39 is 16.1 Å². The number of fused-ring (bicyclic) bond motifs is 1. The summed E-state index contributed by atoms with van der Waals surface area (Å²) in [5.74, 6) is 0.606. The number of rotatable bonds is 5. The first-order valence-corrected chi connectivity index (χ1v) is 12.1. The summed E-state index contributed by atoms with van der Waals surface area (Å²) >= 11 is 0. The van der Waals surface area contributed by atoms with Gasteiger partial charge in [0, 0.05) is 45.5 Å². The number of nitrogens with zero attached hydrogens (tertiary/aromatic N) is 4. The summed E-state index contributed by atoms with van der Waals surface area (Å²) in [6.45, 7) is 5.21. The Kier molecular flexibility index (Phi) is 6.26. The van der Waals surface area contributed by atoms with E-state index in [0.717, 1.165) is 10.1 Å². The molecule has 2 aromatic rings. The van der Waals surface area contributed by atoms with Gasteiger partial charge in [0.15, 0.2) is 6.10 Å². The Morgan fingerprint density at radius 2 is 1.97 bits per heavy atom. The van der Waals surface area contributed by atoms with Crippen LogP contribution in [0.4, 0.5) is 11.5 Å². The fourth-order valence-corrected chi connectivity index (χ4v) is 5.23. The highest BCUT2D eigenvalue weighted by molar-refractivity contribution is 7.89. The van der Waals surface area contributed by atoms with Crippen molar-refractivity contribution in [2.45, 2.75) is 24.8 Å². The summed E-state index contributed by atoms with van der Waals surface area (Å²) in [7, 11) is -2.56. The number of pyridine rings is 1. The summed E-state index contributed by atoms with van der Waals surface area (Å²) in [4.78, 5) is 32.8. The number of sulfonamides is 1. The molecule has 1 aromatic heterocycles. The van der Waals surface area contributed by atoms with Crippen LogP contribution in [-0.4, -0.2) is 80.3 Å². The molecule has 11 heteroatoms. The predicted molar refractivity (Wildman–Crippen MR) is 123 cm³/mol.